The number of hydrogen-bond acceptors (Lipinski definition) is 3. The molecule has 5 nitrogen and oxygen atoms in total. The third-order valence-electron chi connectivity index (χ3n) is 3.06. The zero-order valence-corrected chi connectivity index (χ0v) is 15.3. The van der Waals surface area contributed by atoms with Crippen LogP contribution in [0.2, 0.25) is 0 Å². The number of rotatable bonds is 4. The maximum atomic E-state index is 12.1. The number of nitrogens with one attached hydrogen (secondary N) is 3. The van der Waals surface area contributed by atoms with Crippen LogP contribution in [0.25, 0.3) is 0 Å². The van der Waals surface area contributed by atoms with Gasteiger partial charge in [0.05, 0.1) is 0 Å². The molecule has 24 heavy (non-hydrogen) atoms. The minimum Gasteiger partial charge on any atom is -0.332 e. The average molecular weight is 406 g/mol. The van der Waals surface area contributed by atoms with Crippen molar-refractivity contribution < 1.29 is 9.59 Å². The van der Waals surface area contributed by atoms with Gasteiger partial charge in [0.25, 0.3) is 5.91 Å². The van der Waals surface area contributed by atoms with E-state index in [0.29, 0.717) is 23.4 Å². The van der Waals surface area contributed by atoms with Crippen molar-refractivity contribution in [2.75, 3.05) is 10.6 Å². The van der Waals surface area contributed by atoms with Gasteiger partial charge in [-0.1, -0.05) is 28.9 Å². The lowest BCUT2D eigenvalue weighted by Crippen LogP contribution is -2.34. The summed E-state index contributed by atoms with van der Waals surface area (Å²) in [6.07, 6.45) is 0.402. The topological polar surface area (TPSA) is 70.2 Å². The van der Waals surface area contributed by atoms with Crippen LogP contribution in [0.15, 0.2) is 53.0 Å². The number of benzene rings is 2. The smallest absolute Gasteiger partial charge is 0.257 e. The Kier molecular flexibility index (Phi) is 6.45. The molecule has 0 saturated heterocycles. The fraction of sp³-hybridized carbons (Fsp3) is 0.118. The molecule has 124 valence electrons. The van der Waals surface area contributed by atoms with Crippen molar-refractivity contribution in [3.8, 4) is 0 Å². The van der Waals surface area contributed by atoms with Gasteiger partial charge in [0.1, 0.15) is 0 Å². The summed E-state index contributed by atoms with van der Waals surface area (Å²) in [4.78, 5) is 23.5. The van der Waals surface area contributed by atoms with E-state index in [9.17, 15) is 9.59 Å². The van der Waals surface area contributed by atoms with Crippen LogP contribution in [-0.4, -0.2) is 16.9 Å². The molecule has 0 bridgehead atoms. The van der Waals surface area contributed by atoms with E-state index in [1.54, 1.807) is 55.5 Å². The minimum absolute atomic E-state index is 0.0710. The molecule has 0 unspecified atom stereocenters. The normalized spacial score (nSPS) is 9.92. The van der Waals surface area contributed by atoms with Gasteiger partial charge in [0, 0.05) is 27.8 Å². The maximum Gasteiger partial charge on any atom is 0.257 e. The summed E-state index contributed by atoms with van der Waals surface area (Å²) in [5, 5.41) is 8.48. The fourth-order valence-electron chi connectivity index (χ4n) is 1.86. The Bertz CT molecular complexity index is 763. The highest BCUT2D eigenvalue weighted by molar-refractivity contribution is 9.10. The predicted molar refractivity (Wildman–Crippen MR) is 103 cm³/mol. The molecule has 0 aliphatic heterocycles. The second-order valence-corrected chi connectivity index (χ2v) is 6.22. The second kappa shape index (κ2) is 8.56. The molecule has 0 spiro atoms. The van der Waals surface area contributed by atoms with Crippen molar-refractivity contribution in [3.63, 3.8) is 0 Å². The molecule has 2 aromatic rings. The van der Waals surface area contributed by atoms with Gasteiger partial charge in [-0.25, -0.2) is 0 Å². The Morgan fingerprint density at radius 2 is 1.67 bits per heavy atom. The summed E-state index contributed by atoms with van der Waals surface area (Å²) in [7, 11) is 0. The Morgan fingerprint density at radius 1 is 1.04 bits per heavy atom. The Balaban J connectivity index is 1.96. The number of carbonyl (C=O) groups is 2. The number of halogens is 1. The first-order valence-electron chi connectivity index (χ1n) is 7.25. The van der Waals surface area contributed by atoms with Crippen LogP contribution in [0.1, 0.15) is 23.7 Å². The van der Waals surface area contributed by atoms with Crippen LogP contribution in [0.4, 0.5) is 11.4 Å². The van der Waals surface area contributed by atoms with E-state index in [0.717, 1.165) is 4.47 Å². The number of carbonyl (C=O) groups excluding carboxylic acids is 2. The molecule has 3 N–H and O–H groups in total. The first-order chi connectivity index (χ1) is 11.5. The Morgan fingerprint density at radius 3 is 2.29 bits per heavy atom. The van der Waals surface area contributed by atoms with Crippen molar-refractivity contribution >= 4 is 56.4 Å². The van der Waals surface area contributed by atoms with Crippen molar-refractivity contribution in [2.24, 2.45) is 0 Å². The van der Waals surface area contributed by atoms with Crippen LogP contribution in [0.3, 0.4) is 0 Å². The molecular weight excluding hydrogens is 390 g/mol. The predicted octanol–water partition coefficient (Wildman–Crippen LogP) is 3.92. The highest BCUT2D eigenvalue weighted by atomic mass is 79.9. The summed E-state index contributed by atoms with van der Waals surface area (Å²) in [6, 6.07) is 14.1. The number of thiocarbonyl (C=S) groups is 1. The monoisotopic (exact) mass is 405 g/mol. The van der Waals surface area contributed by atoms with Crippen LogP contribution in [0, 0.1) is 0 Å². The molecule has 2 aromatic carbocycles. The zero-order valence-electron chi connectivity index (χ0n) is 12.9. The molecule has 0 radical (unpaired) electrons. The molecule has 0 aliphatic carbocycles. The van der Waals surface area contributed by atoms with Gasteiger partial charge in [-0.05, 0) is 54.7 Å². The van der Waals surface area contributed by atoms with Crippen molar-refractivity contribution in [1.29, 1.82) is 0 Å². The highest BCUT2D eigenvalue weighted by Gasteiger charge is 2.08. The van der Waals surface area contributed by atoms with E-state index in [1.807, 2.05) is 0 Å². The second-order valence-electron chi connectivity index (χ2n) is 4.90. The lowest BCUT2D eigenvalue weighted by atomic mass is 10.2. The molecule has 7 heteroatoms. The van der Waals surface area contributed by atoms with Gasteiger partial charge in [-0.3, -0.25) is 14.9 Å². The van der Waals surface area contributed by atoms with Gasteiger partial charge in [0.2, 0.25) is 5.91 Å². The van der Waals surface area contributed by atoms with Gasteiger partial charge in [0.15, 0.2) is 5.11 Å². The molecule has 0 atom stereocenters. The van der Waals surface area contributed by atoms with Gasteiger partial charge in [-0.2, -0.15) is 0 Å². The number of hydrogen-bond donors (Lipinski definition) is 3. The molecule has 0 aliphatic rings. The fourth-order valence-corrected chi connectivity index (χ4v) is 2.34. The van der Waals surface area contributed by atoms with Gasteiger partial charge >= 0.3 is 0 Å². The van der Waals surface area contributed by atoms with Crippen molar-refractivity contribution in [1.82, 2.24) is 5.32 Å². The Labute approximate surface area is 154 Å². The molecule has 2 amide bonds. The van der Waals surface area contributed by atoms with E-state index < -0.39 is 0 Å². The SMILES string of the molecule is CCC(=O)Nc1cccc(NC(=S)NC(=O)c2ccc(Br)cc2)c1. The van der Waals surface area contributed by atoms with Crippen molar-refractivity contribution in [3.05, 3.63) is 58.6 Å². The molecule has 0 fully saturated rings. The molecule has 0 heterocycles. The Hall–Kier alpha value is -2.25. The van der Waals surface area contributed by atoms with E-state index in [2.05, 4.69) is 31.9 Å². The summed E-state index contributed by atoms with van der Waals surface area (Å²) < 4.78 is 0.894. The van der Waals surface area contributed by atoms with E-state index in [-0.39, 0.29) is 16.9 Å². The van der Waals surface area contributed by atoms with Gasteiger partial charge in [-0.15, -0.1) is 0 Å². The molecule has 2 rings (SSSR count). The average Bonchev–Trinajstić information content (AvgIpc) is 2.55. The van der Waals surface area contributed by atoms with E-state index in [4.69, 9.17) is 12.2 Å². The van der Waals surface area contributed by atoms with Crippen LogP contribution in [-0.2, 0) is 4.79 Å². The first kappa shape index (κ1) is 18.1. The quantitative estimate of drug-likeness (QED) is 0.674. The maximum absolute atomic E-state index is 12.1. The van der Waals surface area contributed by atoms with E-state index >= 15 is 0 Å². The molecular formula is C17H16BrN3O2S. The summed E-state index contributed by atoms with van der Waals surface area (Å²) in [5.41, 5.74) is 1.84. The molecule has 0 saturated carbocycles. The third kappa shape index (κ3) is 5.43. The molecule has 0 aromatic heterocycles. The summed E-state index contributed by atoms with van der Waals surface area (Å²) in [5.74, 6) is -0.367. The number of amides is 2. The lowest BCUT2D eigenvalue weighted by molar-refractivity contribution is -0.115. The van der Waals surface area contributed by atoms with Crippen LogP contribution in [0.5, 0.6) is 0 Å². The lowest BCUT2D eigenvalue weighted by Gasteiger charge is -2.11. The standard InChI is InChI=1S/C17H16BrN3O2S/c1-2-15(22)19-13-4-3-5-14(10-13)20-17(24)21-16(23)11-6-8-12(18)9-7-11/h3-10H,2H2,1H3,(H,19,22)(H2,20,21,23,24). The minimum atomic E-state index is -0.296. The number of anilines is 2. The van der Waals surface area contributed by atoms with Crippen LogP contribution < -0.4 is 16.0 Å². The first-order valence-corrected chi connectivity index (χ1v) is 8.46. The third-order valence-corrected chi connectivity index (χ3v) is 3.79. The van der Waals surface area contributed by atoms with E-state index in [1.165, 1.54) is 0 Å². The zero-order chi connectivity index (χ0) is 17.5. The van der Waals surface area contributed by atoms with Crippen molar-refractivity contribution in [2.45, 2.75) is 13.3 Å². The summed E-state index contributed by atoms with van der Waals surface area (Å²) >= 11 is 8.47. The van der Waals surface area contributed by atoms with Crippen LogP contribution >= 0.6 is 28.1 Å². The largest absolute Gasteiger partial charge is 0.332 e. The van der Waals surface area contributed by atoms with Gasteiger partial charge < -0.3 is 10.6 Å². The summed E-state index contributed by atoms with van der Waals surface area (Å²) in [6.45, 7) is 1.78. The highest BCUT2D eigenvalue weighted by Crippen LogP contribution is 2.15.